The summed E-state index contributed by atoms with van der Waals surface area (Å²) in [5.41, 5.74) is 1.36. The van der Waals surface area contributed by atoms with Crippen LogP contribution in [0.15, 0.2) is 47.6 Å². The SMILES string of the molecule is C=C/C=C\CC1=C(C)[C@@H](OC(=O)[C@@H]2[C@@H](/C=C(\C)C(=O)O)C2(C)C)CC1=O. The van der Waals surface area contributed by atoms with Gasteiger partial charge in [0.15, 0.2) is 5.78 Å². The summed E-state index contributed by atoms with van der Waals surface area (Å²) in [5, 5.41) is 9.03. The van der Waals surface area contributed by atoms with E-state index in [2.05, 4.69) is 6.58 Å². The molecular weight excluding hydrogens is 332 g/mol. The highest BCUT2D eigenvalue weighted by Crippen LogP contribution is 2.60. The standard InChI is InChI=1S/C21H26O5/c1-6-7-8-9-14-13(3)17(11-16(14)22)26-20(25)18-15(21(18,4)5)10-12(2)19(23)24/h6-8,10,15,17-18H,1,9,11H2,2-5H3,(H,23,24)/b8-7-,12-10+/t15-,17+,18+/m1/s1. The van der Waals surface area contributed by atoms with E-state index < -0.39 is 12.1 Å². The van der Waals surface area contributed by atoms with E-state index in [4.69, 9.17) is 9.84 Å². The zero-order valence-electron chi connectivity index (χ0n) is 15.7. The first kappa shape index (κ1) is 19.9. The number of esters is 1. The summed E-state index contributed by atoms with van der Waals surface area (Å²) in [6.45, 7) is 10.8. The smallest absolute Gasteiger partial charge is 0.330 e. The Balaban J connectivity index is 2.07. The Hall–Kier alpha value is -2.43. The quantitative estimate of drug-likeness (QED) is 0.427. The van der Waals surface area contributed by atoms with Crippen molar-refractivity contribution in [1.29, 1.82) is 0 Å². The number of aliphatic carboxylic acids is 1. The molecule has 0 aliphatic heterocycles. The lowest BCUT2D eigenvalue weighted by molar-refractivity contribution is -0.150. The maximum Gasteiger partial charge on any atom is 0.330 e. The van der Waals surface area contributed by atoms with Crippen molar-refractivity contribution in [3.63, 3.8) is 0 Å². The van der Waals surface area contributed by atoms with Gasteiger partial charge in [-0.15, -0.1) is 0 Å². The second-order valence-corrected chi connectivity index (χ2v) is 7.56. The van der Waals surface area contributed by atoms with E-state index in [0.29, 0.717) is 12.0 Å². The van der Waals surface area contributed by atoms with Crippen LogP contribution in [0.3, 0.4) is 0 Å². The van der Waals surface area contributed by atoms with Gasteiger partial charge in [-0.3, -0.25) is 9.59 Å². The molecule has 3 atom stereocenters. The molecule has 0 heterocycles. The molecule has 2 aliphatic rings. The van der Waals surface area contributed by atoms with Crippen LogP contribution < -0.4 is 0 Å². The highest BCUT2D eigenvalue weighted by Gasteiger charge is 2.62. The van der Waals surface area contributed by atoms with Crippen molar-refractivity contribution in [1.82, 2.24) is 0 Å². The molecule has 5 heteroatoms. The fourth-order valence-corrected chi connectivity index (χ4v) is 3.54. The molecule has 0 aromatic carbocycles. The average molecular weight is 358 g/mol. The summed E-state index contributed by atoms with van der Waals surface area (Å²) >= 11 is 0. The molecular formula is C21H26O5. The largest absolute Gasteiger partial charge is 0.478 e. The number of hydrogen-bond acceptors (Lipinski definition) is 4. The lowest BCUT2D eigenvalue weighted by Crippen LogP contribution is -2.20. The van der Waals surface area contributed by atoms with Gasteiger partial charge in [-0.25, -0.2) is 4.79 Å². The topological polar surface area (TPSA) is 80.7 Å². The van der Waals surface area contributed by atoms with Crippen LogP contribution in [0.2, 0.25) is 0 Å². The maximum absolute atomic E-state index is 12.6. The van der Waals surface area contributed by atoms with Gasteiger partial charge in [-0.1, -0.05) is 44.7 Å². The molecule has 2 aliphatic carbocycles. The fraction of sp³-hybridized carbons (Fsp3) is 0.476. The van der Waals surface area contributed by atoms with Crippen LogP contribution in [0.1, 0.15) is 40.5 Å². The third-order valence-corrected chi connectivity index (χ3v) is 5.45. The van der Waals surface area contributed by atoms with Crippen molar-refractivity contribution >= 4 is 17.7 Å². The Labute approximate surface area is 154 Å². The number of carbonyl (C=O) groups excluding carboxylic acids is 2. The van der Waals surface area contributed by atoms with E-state index >= 15 is 0 Å². The molecule has 26 heavy (non-hydrogen) atoms. The van der Waals surface area contributed by atoms with Gasteiger partial charge in [-0.2, -0.15) is 0 Å². The zero-order valence-corrected chi connectivity index (χ0v) is 15.7. The first-order valence-electron chi connectivity index (χ1n) is 8.73. The molecule has 0 aromatic rings. The number of carboxylic acids is 1. The Bertz CT molecular complexity index is 736. The Morgan fingerprint density at radius 2 is 2.04 bits per heavy atom. The molecule has 0 saturated heterocycles. The number of ketones is 1. The number of hydrogen-bond donors (Lipinski definition) is 1. The van der Waals surface area contributed by atoms with Crippen LogP contribution in [0.5, 0.6) is 0 Å². The molecule has 1 N–H and O–H groups in total. The molecule has 0 aromatic heterocycles. The number of allylic oxidation sites excluding steroid dienone is 5. The minimum atomic E-state index is -0.989. The van der Waals surface area contributed by atoms with E-state index in [0.717, 1.165) is 5.57 Å². The van der Waals surface area contributed by atoms with E-state index in [1.807, 2.05) is 26.8 Å². The Kier molecular flexibility index (Phi) is 5.69. The number of Topliss-reactive ketones (excluding diaryl/α,β-unsaturated/α-hetero) is 1. The van der Waals surface area contributed by atoms with Crippen LogP contribution in [-0.4, -0.2) is 28.9 Å². The molecule has 0 spiro atoms. The predicted octanol–water partition coefficient (Wildman–Crippen LogP) is 3.62. The lowest BCUT2D eigenvalue weighted by atomic mass is 10.1. The first-order valence-corrected chi connectivity index (χ1v) is 8.73. The van der Waals surface area contributed by atoms with Crippen molar-refractivity contribution in [2.24, 2.45) is 17.3 Å². The summed E-state index contributed by atoms with van der Waals surface area (Å²) in [4.78, 5) is 35.8. The van der Waals surface area contributed by atoms with Crippen molar-refractivity contribution in [2.75, 3.05) is 0 Å². The molecule has 0 bridgehead atoms. The van der Waals surface area contributed by atoms with Gasteiger partial charge in [0, 0.05) is 11.1 Å². The lowest BCUT2D eigenvalue weighted by Gasteiger charge is -2.13. The van der Waals surface area contributed by atoms with Gasteiger partial charge in [0.2, 0.25) is 0 Å². The monoisotopic (exact) mass is 358 g/mol. The van der Waals surface area contributed by atoms with Crippen LogP contribution in [0.4, 0.5) is 0 Å². The van der Waals surface area contributed by atoms with Crippen molar-refractivity contribution < 1.29 is 24.2 Å². The second kappa shape index (κ2) is 7.44. The molecule has 0 radical (unpaired) electrons. The molecule has 0 unspecified atom stereocenters. The molecule has 1 fully saturated rings. The van der Waals surface area contributed by atoms with Crippen molar-refractivity contribution in [3.05, 3.63) is 47.6 Å². The van der Waals surface area contributed by atoms with E-state index in [-0.39, 0.29) is 41.0 Å². The second-order valence-electron chi connectivity index (χ2n) is 7.56. The molecule has 5 nitrogen and oxygen atoms in total. The molecule has 140 valence electrons. The van der Waals surface area contributed by atoms with Crippen LogP contribution >= 0.6 is 0 Å². The normalized spacial score (nSPS) is 27.8. The minimum absolute atomic E-state index is 0.00207. The highest BCUT2D eigenvalue weighted by molar-refractivity contribution is 6.00. The predicted molar refractivity (Wildman–Crippen MR) is 98.3 cm³/mol. The fourth-order valence-electron chi connectivity index (χ4n) is 3.54. The Morgan fingerprint density at radius 1 is 1.38 bits per heavy atom. The number of carbonyl (C=O) groups is 3. The van der Waals surface area contributed by atoms with Gasteiger partial charge in [0.05, 0.1) is 12.3 Å². The summed E-state index contributed by atoms with van der Waals surface area (Å²) in [6, 6.07) is 0. The summed E-state index contributed by atoms with van der Waals surface area (Å²) in [6.07, 6.45) is 7.06. The molecule has 1 saturated carbocycles. The first-order chi connectivity index (χ1) is 12.1. The van der Waals surface area contributed by atoms with Crippen molar-refractivity contribution in [2.45, 2.75) is 46.6 Å². The summed E-state index contributed by atoms with van der Waals surface area (Å²) < 4.78 is 5.62. The molecule has 2 rings (SSSR count). The van der Waals surface area contributed by atoms with Crippen LogP contribution in [0.25, 0.3) is 0 Å². The van der Waals surface area contributed by atoms with E-state index in [9.17, 15) is 14.4 Å². The number of ether oxygens (including phenoxy) is 1. The van der Waals surface area contributed by atoms with Gasteiger partial charge >= 0.3 is 11.9 Å². The number of carboxylic acid groups (broad SMARTS) is 1. The van der Waals surface area contributed by atoms with Gasteiger partial charge in [0.25, 0.3) is 0 Å². The summed E-state index contributed by atoms with van der Waals surface area (Å²) in [5.74, 6) is -1.90. The van der Waals surface area contributed by atoms with Gasteiger partial charge in [0.1, 0.15) is 6.10 Å². The third-order valence-electron chi connectivity index (χ3n) is 5.45. The van der Waals surface area contributed by atoms with Crippen LogP contribution in [0, 0.1) is 17.3 Å². The number of rotatable bonds is 7. The van der Waals surface area contributed by atoms with E-state index in [1.54, 1.807) is 18.2 Å². The maximum atomic E-state index is 12.6. The minimum Gasteiger partial charge on any atom is -0.478 e. The van der Waals surface area contributed by atoms with E-state index in [1.165, 1.54) is 6.92 Å². The van der Waals surface area contributed by atoms with Crippen LogP contribution in [-0.2, 0) is 19.1 Å². The zero-order chi connectivity index (χ0) is 19.6. The average Bonchev–Trinajstić information content (AvgIpc) is 2.99. The Morgan fingerprint density at radius 3 is 2.62 bits per heavy atom. The third kappa shape index (κ3) is 3.87. The van der Waals surface area contributed by atoms with Crippen molar-refractivity contribution in [3.8, 4) is 0 Å². The highest BCUT2D eigenvalue weighted by atomic mass is 16.5. The summed E-state index contributed by atoms with van der Waals surface area (Å²) in [7, 11) is 0. The molecule has 0 amide bonds. The van der Waals surface area contributed by atoms with Gasteiger partial charge < -0.3 is 9.84 Å². The van der Waals surface area contributed by atoms with Gasteiger partial charge in [-0.05, 0) is 37.2 Å².